The van der Waals surface area contributed by atoms with Crippen molar-refractivity contribution < 1.29 is 4.74 Å². The minimum Gasteiger partial charge on any atom is -0.374 e. The van der Waals surface area contributed by atoms with E-state index in [1.807, 2.05) is 0 Å². The molecule has 4 nitrogen and oxygen atoms in total. The molecule has 288 valence electrons. The Labute approximate surface area is 313 Å². The smallest absolute Gasteiger partial charge is 0.0641 e. The van der Waals surface area contributed by atoms with Crippen molar-refractivity contribution in [1.82, 2.24) is 16.0 Å². The molecule has 0 aromatic heterocycles. The summed E-state index contributed by atoms with van der Waals surface area (Å²) in [4.78, 5) is 0. The van der Waals surface area contributed by atoms with Crippen LogP contribution in [-0.4, -0.2) is 30.7 Å². The largest absolute Gasteiger partial charge is 0.374 e. The second kappa shape index (κ2) is 15.8. The van der Waals surface area contributed by atoms with Crippen molar-refractivity contribution in [3.05, 3.63) is 0 Å². The molecule has 0 aromatic rings. The van der Waals surface area contributed by atoms with Gasteiger partial charge >= 0.3 is 0 Å². The van der Waals surface area contributed by atoms with Gasteiger partial charge in [-0.3, -0.25) is 16.0 Å². The third kappa shape index (κ3) is 7.20. The lowest BCUT2D eigenvalue weighted by Gasteiger charge is -2.54. The molecular formula is C47H79N3O. The topological polar surface area (TPSA) is 45.3 Å². The Hall–Kier alpha value is -0.160. The van der Waals surface area contributed by atoms with Crippen LogP contribution in [0.15, 0.2) is 0 Å². The number of fused-ring (bicyclic) bond motifs is 6. The molecule has 10 aliphatic rings. The fraction of sp³-hybridized carbons (Fsp3) is 1.00. The van der Waals surface area contributed by atoms with E-state index in [1.165, 1.54) is 128 Å². The maximum absolute atomic E-state index is 7.44. The minimum absolute atomic E-state index is 0.496. The number of rotatable bonds is 5. The Bertz CT molecular complexity index is 1100. The number of hydrogen-bond donors (Lipinski definition) is 3. The quantitative estimate of drug-likeness (QED) is 0.267. The molecule has 51 heavy (non-hydrogen) atoms. The van der Waals surface area contributed by atoms with Crippen molar-refractivity contribution in [3.63, 3.8) is 0 Å². The summed E-state index contributed by atoms with van der Waals surface area (Å²) in [6.45, 7) is 0. The SMILES string of the molecule is C1CCC(C2NC(C3CCCCC3)NC(C3CC4C5CCC(C6CCC(C7CCC8CCCCC8C7)CC6)CC5OC4C4CCCCC34)N2)CC1. The molecule has 2 heterocycles. The summed E-state index contributed by atoms with van der Waals surface area (Å²) < 4.78 is 7.44. The van der Waals surface area contributed by atoms with E-state index in [-0.39, 0.29) is 0 Å². The van der Waals surface area contributed by atoms with Crippen LogP contribution in [0.5, 0.6) is 0 Å². The molecule has 13 unspecified atom stereocenters. The number of hydrogen-bond acceptors (Lipinski definition) is 4. The number of ether oxygens (including phenoxy) is 1. The highest BCUT2D eigenvalue weighted by Crippen LogP contribution is 2.58. The predicted octanol–water partition coefficient (Wildman–Crippen LogP) is 10.9. The Morgan fingerprint density at radius 2 is 0.725 bits per heavy atom. The standard InChI is InChI=1S/C47H79N3O/c1-3-12-33(13-4-1)45-48-46(34-14-5-2-6-15-34)50-47(49-45)42-29-41-39-26-25-37(28-43(39)51-44(41)40-18-10-9-17-38(40)42)32-21-19-31(20-22-32)36-24-23-30-11-7-8-16-35(30)27-36/h30-50H,1-29H2. The highest BCUT2D eigenvalue weighted by atomic mass is 16.5. The van der Waals surface area contributed by atoms with Crippen LogP contribution in [0.4, 0.5) is 0 Å². The monoisotopic (exact) mass is 702 g/mol. The Morgan fingerprint density at radius 1 is 0.275 bits per heavy atom. The van der Waals surface area contributed by atoms with Gasteiger partial charge in [0.05, 0.1) is 30.7 Å². The molecule has 0 bridgehead atoms. The van der Waals surface area contributed by atoms with Gasteiger partial charge in [-0.2, -0.15) is 0 Å². The lowest BCUT2D eigenvalue weighted by molar-refractivity contribution is -0.0907. The highest BCUT2D eigenvalue weighted by Gasteiger charge is 2.58. The van der Waals surface area contributed by atoms with Crippen molar-refractivity contribution in [3.8, 4) is 0 Å². The van der Waals surface area contributed by atoms with Gasteiger partial charge < -0.3 is 4.74 Å². The maximum atomic E-state index is 7.44. The molecule has 8 aliphatic carbocycles. The van der Waals surface area contributed by atoms with Crippen LogP contribution in [0.25, 0.3) is 0 Å². The molecule has 13 atom stereocenters. The van der Waals surface area contributed by atoms with Gasteiger partial charge in [0.1, 0.15) is 0 Å². The zero-order chi connectivity index (χ0) is 33.7. The van der Waals surface area contributed by atoms with Gasteiger partial charge in [0.2, 0.25) is 0 Å². The molecule has 8 saturated carbocycles. The van der Waals surface area contributed by atoms with E-state index < -0.39 is 0 Å². The molecule has 0 spiro atoms. The molecule has 0 amide bonds. The van der Waals surface area contributed by atoms with Crippen molar-refractivity contribution in [2.75, 3.05) is 0 Å². The molecule has 3 N–H and O–H groups in total. The lowest BCUT2D eigenvalue weighted by atomic mass is 9.57. The number of nitrogens with one attached hydrogen (secondary N) is 3. The summed E-state index contributed by atoms with van der Waals surface area (Å²) in [5.74, 6) is 12.1. The molecular weight excluding hydrogens is 623 g/mol. The Morgan fingerprint density at radius 3 is 1.39 bits per heavy atom. The third-order valence-corrected chi connectivity index (χ3v) is 19.1. The molecule has 10 fully saturated rings. The van der Waals surface area contributed by atoms with Crippen LogP contribution in [0.1, 0.15) is 186 Å². The first-order valence-electron chi connectivity index (χ1n) is 24.2. The maximum Gasteiger partial charge on any atom is 0.0641 e. The van der Waals surface area contributed by atoms with Crippen molar-refractivity contribution in [2.45, 2.75) is 217 Å². The normalized spacial score (nSPS) is 51.5. The second-order valence-corrected chi connectivity index (χ2v) is 21.3. The predicted molar refractivity (Wildman–Crippen MR) is 209 cm³/mol. The van der Waals surface area contributed by atoms with Crippen LogP contribution in [-0.2, 0) is 4.74 Å². The first kappa shape index (κ1) is 35.3. The van der Waals surface area contributed by atoms with E-state index in [0.29, 0.717) is 30.7 Å². The molecule has 2 saturated heterocycles. The van der Waals surface area contributed by atoms with Gasteiger partial charge in [-0.25, -0.2) is 0 Å². The van der Waals surface area contributed by atoms with E-state index >= 15 is 0 Å². The van der Waals surface area contributed by atoms with Crippen LogP contribution in [0.3, 0.4) is 0 Å². The van der Waals surface area contributed by atoms with Crippen molar-refractivity contribution in [1.29, 1.82) is 0 Å². The van der Waals surface area contributed by atoms with E-state index in [0.717, 1.165) is 76.9 Å². The van der Waals surface area contributed by atoms with Crippen LogP contribution >= 0.6 is 0 Å². The zero-order valence-electron chi connectivity index (χ0n) is 32.8. The summed E-state index contributed by atoms with van der Waals surface area (Å²) in [5, 5.41) is 13.0. The molecule has 0 aromatic carbocycles. The second-order valence-electron chi connectivity index (χ2n) is 21.3. The van der Waals surface area contributed by atoms with Gasteiger partial charge in [-0.05, 0) is 186 Å². The van der Waals surface area contributed by atoms with Gasteiger partial charge in [0.25, 0.3) is 0 Å². The molecule has 2 aliphatic heterocycles. The van der Waals surface area contributed by atoms with Gasteiger partial charge in [-0.1, -0.05) is 77.0 Å². The Kier molecular flexibility index (Phi) is 10.9. The molecule has 10 rings (SSSR count). The Balaban J connectivity index is 0.798. The third-order valence-electron chi connectivity index (χ3n) is 19.1. The van der Waals surface area contributed by atoms with E-state index in [1.54, 1.807) is 57.8 Å². The van der Waals surface area contributed by atoms with Gasteiger partial charge in [0, 0.05) is 0 Å². The van der Waals surface area contributed by atoms with Gasteiger partial charge in [-0.15, -0.1) is 0 Å². The fourth-order valence-corrected chi connectivity index (χ4v) is 16.4. The van der Waals surface area contributed by atoms with E-state index in [9.17, 15) is 0 Å². The lowest BCUT2D eigenvalue weighted by Crippen LogP contribution is -2.73. The minimum atomic E-state index is 0.496. The molecule has 4 heteroatoms. The molecule has 0 radical (unpaired) electrons. The fourth-order valence-electron chi connectivity index (χ4n) is 16.4. The van der Waals surface area contributed by atoms with E-state index in [2.05, 4.69) is 16.0 Å². The first-order chi connectivity index (χ1) is 25.2. The summed E-state index contributed by atoms with van der Waals surface area (Å²) in [5.41, 5.74) is 0. The highest BCUT2D eigenvalue weighted by molar-refractivity contribution is 5.07. The summed E-state index contributed by atoms with van der Waals surface area (Å²) in [6, 6.07) is 0. The average molecular weight is 702 g/mol. The van der Waals surface area contributed by atoms with Crippen LogP contribution in [0.2, 0.25) is 0 Å². The summed E-state index contributed by atoms with van der Waals surface area (Å²) in [7, 11) is 0. The summed E-state index contributed by atoms with van der Waals surface area (Å²) >= 11 is 0. The summed E-state index contributed by atoms with van der Waals surface area (Å²) in [6.07, 6.45) is 45.9. The zero-order valence-corrected chi connectivity index (χ0v) is 32.8. The van der Waals surface area contributed by atoms with Crippen molar-refractivity contribution in [2.24, 2.45) is 76.9 Å². The van der Waals surface area contributed by atoms with Crippen molar-refractivity contribution >= 4 is 0 Å². The van der Waals surface area contributed by atoms with E-state index in [4.69, 9.17) is 4.74 Å². The van der Waals surface area contributed by atoms with Crippen LogP contribution < -0.4 is 16.0 Å². The average Bonchev–Trinajstić information content (AvgIpc) is 3.59. The first-order valence-corrected chi connectivity index (χ1v) is 24.2. The van der Waals surface area contributed by atoms with Crippen LogP contribution in [0, 0.1) is 76.9 Å². The van der Waals surface area contributed by atoms with Gasteiger partial charge in [0.15, 0.2) is 0 Å².